The highest BCUT2D eigenvalue weighted by Gasteiger charge is 2.18. The van der Waals surface area contributed by atoms with Crippen molar-refractivity contribution in [3.63, 3.8) is 0 Å². The van der Waals surface area contributed by atoms with Crippen LogP contribution in [0.15, 0.2) is 48.5 Å². The molecule has 0 radical (unpaired) electrons. The Balaban J connectivity index is 1.97. The number of aromatic nitrogens is 2. The maximum absolute atomic E-state index is 12.6. The van der Waals surface area contributed by atoms with Gasteiger partial charge in [0.15, 0.2) is 0 Å². The van der Waals surface area contributed by atoms with Crippen molar-refractivity contribution in [3.05, 3.63) is 70.9 Å². The second-order valence-corrected chi connectivity index (χ2v) is 6.88. The SMILES string of the molecule is COc1ccc(C(=O)Oc2cc(C(C)C)nn2-c2ccc(C)cc2C)cc1. The van der Waals surface area contributed by atoms with E-state index in [1.54, 1.807) is 36.1 Å². The average molecular weight is 364 g/mol. The summed E-state index contributed by atoms with van der Waals surface area (Å²) in [5.41, 5.74) is 4.45. The Morgan fingerprint density at radius 3 is 2.33 bits per heavy atom. The summed E-state index contributed by atoms with van der Waals surface area (Å²) >= 11 is 0. The van der Waals surface area contributed by atoms with Crippen molar-refractivity contribution in [1.29, 1.82) is 0 Å². The molecule has 0 aliphatic heterocycles. The van der Waals surface area contributed by atoms with Crippen LogP contribution < -0.4 is 9.47 Å². The van der Waals surface area contributed by atoms with Crippen LogP contribution in [0.3, 0.4) is 0 Å². The summed E-state index contributed by atoms with van der Waals surface area (Å²) in [6.45, 7) is 8.19. The predicted octanol–water partition coefficient (Wildman–Crippen LogP) is 4.84. The van der Waals surface area contributed by atoms with Gasteiger partial charge in [-0.15, -0.1) is 0 Å². The number of hydrogen-bond donors (Lipinski definition) is 0. The Labute approximate surface area is 159 Å². The van der Waals surface area contributed by atoms with Crippen LogP contribution in [-0.4, -0.2) is 22.9 Å². The van der Waals surface area contributed by atoms with Gasteiger partial charge in [-0.3, -0.25) is 0 Å². The lowest BCUT2D eigenvalue weighted by molar-refractivity contribution is 0.0723. The molecule has 3 rings (SSSR count). The number of carbonyl (C=O) groups excluding carboxylic acids is 1. The lowest BCUT2D eigenvalue weighted by Gasteiger charge is -2.11. The lowest BCUT2D eigenvalue weighted by atomic mass is 10.1. The van der Waals surface area contributed by atoms with Crippen LogP contribution in [0.5, 0.6) is 11.6 Å². The standard InChI is InChI=1S/C22H24N2O3/c1-14(2)19-13-21(24(23-19)20-11-6-15(3)12-16(20)4)27-22(25)17-7-9-18(26-5)10-8-17/h6-14H,1-5H3. The van der Waals surface area contributed by atoms with Crippen LogP contribution in [-0.2, 0) is 0 Å². The van der Waals surface area contributed by atoms with Crippen LogP contribution in [0.1, 0.15) is 46.9 Å². The molecule has 5 nitrogen and oxygen atoms in total. The number of carbonyl (C=O) groups is 1. The van der Waals surface area contributed by atoms with Crippen LogP contribution in [0.25, 0.3) is 5.69 Å². The van der Waals surface area contributed by atoms with E-state index in [1.165, 1.54) is 5.56 Å². The zero-order chi connectivity index (χ0) is 19.6. The molecule has 5 heteroatoms. The van der Waals surface area contributed by atoms with Gasteiger partial charge in [-0.2, -0.15) is 5.10 Å². The van der Waals surface area contributed by atoms with Crippen LogP contribution in [0.4, 0.5) is 0 Å². The molecule has 1 aromatic heterocycles. The van der Waals surface area contributed by atoms with Gasteiger partial charge in [0, 0.05) is 6.07 Å². The van der Waals surface area contributed by atoms with E-state index in [0.29, 0.717) is 17.2 Å². The number of rotatable bonds is 5. The molecule has 0 amide bonds. The quantitative estimate of drug-likeness (QED) is 0.608. The van der Waals surface area contributed by atoms with Gasteiger partial charge in [0.1, 0.15) is 5.75 Å². The highest BCUT2D eigenvalue weighted by molar-refractivity contribution is 5.91. The first-order valence-electron chi connectivity index (χ1n) is 8.93. The van der Waals surface area contributed by atoms with Crippen molar-refractivity contribution in [2.45, 2.75) is 33.6 Å². The first-order chi connectivity index (χ1) is 12.9. The Morgan fingerprint density at radius 1 is 1.04 bits per heavy atom. The van der Waals surface area contributed by atoms with Crippen LogP contribution in [0, 0.1) is 13.8 Å². The lowest BCUT2D eigenvalue weighted by Crippen LogP contribution is -2.12. The number of hydrogen-bond acceptors (Lipinski definition) is 4. The van der Waals surface area contributed by atoms with E-state index in [1.807, 2.05) is 32.0 Å². The molecule has 0 fully saturated rings. The molecule has 1 heterocycles. The highest BCUT2D eigenvalue weighted by atomic mass is 16.5. The fraction of sp³-hybridized carbons (Fsp3) is 0.273. The molecule has 27 heavy (non-hydrogen) atoms. The molecule has 0 N–H and O–H groups in total. The summed E-state index contributed by atoms with van der Waals surface area (Å²) in [6.07, 6.45) is 0. The molecule has 0 unspecified atom stereocenters. The van der Waals surface area contributed by atoms with Crippen LogP contribution in [0.2, 0.25) is 0 Å². The molecule has 2 aromatic carbocycles. The molecule has 0 saturated carbocycles. The second kappa shape index (κ2) is 7.66. The van der Waals surface area contributed by atoms with E-state index >= 15 is 0 Å². The van der Waals surface area contributed by atoms with Gasteiger partial charge in [0.25, 0.3) is 0 Å². The smallest absolute Gasteiger partial charge is 0.344 e. The van der Waals surface area contributed by atoms with Gasteiger partial charge >= 0.3 is 5.97 Å². The summed E-state index contributed by atoms with van der Waals surface area (Å²) in [6, 6.07) is 14.8. The molecule has 0 saturated heterocycles. The molecule has 0 spiro atoms. The Kier molecular flexibility index (Phi) is 5.31. The monoisotopic (exact) mass is 364 g/mol. The summed E-state index contributed by atoms with van der Waals surface area (Å²) in [4.78, 5) is 12.6. The first-order valence-corrected chi connectivity index (χ1v) is 8.93. The van der Waals surface area contributed by atoms with E-state index in [4.69, 9.17) is 9.47 Å². The summed E-state index contributed by atoms with van der Waals surface area (Å²) < 4.78 is 12.5. The van der Waals surface area contributed by atoms with E-state index < -0.39 is 5.97 Å². The minimum atomic E-state index is -0.432. The van der Waals surface area contributed by atoms with Gasteiger partial charge in [0.2, 0.25) is 5.88 Å². The van der Waals surface area contributed by atoms with Gasteiger partial charge in [-0.25, -0.2) is 9.48 Å². The third-order valence-electron chi connectivity index (χ3n) is 4.39. The Bertz CT molecular complexity index is 956. The third-order valence-corrected chi connectivity index (χ3v) is 4.39. The van der Waals surface area contributed by atoms with Crippen molar-refractivity contribution in [2.24, 2.45) is 0 Å². The fourth-order valence-corrected chi connectivity index (χ4v) is 2.83. The molecule has 140 valence electrons. The number of nitrogens with zero attached hydrogens (tertiary/aromatic N) is 2. The maximum Gasteiger partial charge on any atom is 0.344 e. The second-order valence-electron chi connectivity index (χ2n) is 6.88. The van der Waals surface area contributed by atoms with Crippen molar-refractivity contribution < 1.29 is 14.3 Å². The van der Waals surface area contributed by atoms with Gasteiger partial charge < -0.3 is 9.47 Å². The average Bonchev–Trinajstić information content (AvgIpc) is 3.05. The normalized spacial score (nSPS) is 10.9. The molecule has 0 atom stereocenters. The predicted molar refractivity (Wildman–Crippen MR) is 105 cm³/mol. The van der Waals surface area contributed by atoms with Crippen LogP contribution >= 0.6 is 0 Å². The van der Waals surface area contributed by atoms with Crippen molar-refractivity contribution in [1.82, 2.24) is 9.78 Å². The molecule has 3 aromatic rings. The van der Waals surface area contributed by atoms with Gasteiger partial charge in [0.05, 0.1) is 24.1 Å². The molecular weight excluding hydrogens is 340 g/mol. The number of aryl methyl sites for hydroxylation is 2. The largest absolute Gasteiger partial charge is 0.497 e. The number of esters is 1. The van der Waals surface area contributed by atoms with E-state index in [-0.39, 0.29) is 5.92 Å². The Hall–Kier alpha value is -3.08. The molecule has 0 aliphatic rings. The van der Waals surface area contributed by atoms with Crippen molar-refractivity contribution in [3.8, 4) is 17.3 Å². The topological polar surface area (TPSA) is 53.4 Å². The third kappa shape index (κ3) is 4.03. The Morgan fingerprint density at radius 2 is 1.74 bits per heavy atom. The maximum atomic E-state index is 12.6. The minimum absolute atomic E-state index is 0.218. The highest BCUT2D eigenvalue weighted by Crippen LogP contribution is 2.27. The fourth-order valence-electron chi connectivity index (χ4n) is 2.83. The number of benzene rings is 2. The van der Waals surface area contributed by atoms with E-state index in [2.05, 4.69) is 25.0 Å². The molecule has 0 aliphatic carbocycles. The van der Waals surface area contributed by atoms with Gasteiger partial charge in [-0.1, -0.05) is 31.5 Å². The van der Waals surface area contributed by atoms with Crippen molar-refractivity contribution >= 4 is 5.97 Å². The molecule has 0 bridgehead atoms. The van der Waals surface area contributed by atoms with E-state index in [9.17, 15) is 4.79 Å². The zero-order valence-electron chi connectivity index (χ0n) is 16.3. The molecular formula is C22H24N2O3. The number of ether oxygens (including phenoxy) is 2. The van der Waals surface area contributed by atoms with E-state index in [0.717, 1.165) is 16.9 Å². The summed E-state index contributed by atoms with van der Waals surface area (Å²) in [7, 11) is 1.59. The first kappa shape index (κ1) is 18.7. The summed E-state index contributed by atoms with van der Waals surface area (Å²) in [5, 5.41) is 4.66. The zero-order valence-corrected chi connectivity index (χ0v) is 16.3. The number of methoxy groups -OCH3 is 1. The van der Waals surface area contributed by atoms with Gasteiger partial charge in [-0.05, 0) is 55.7 Å². The minimum Gasteiger partial charge on any atom is -0.497 e. The van der Waals surface area contributed by atoms with Crippen molar-refractivity contribution in [2.75, 3.05) is 7.11 Å². The summed E-state index contributed by atoms with van der Waals surface area (Å²) in [5.74, 6) is 0.884.